The molecule has 1 radical (unpaired) electrons. The Balaban J connectivity index is 1.89. The van der Waals surface area contributed by atoms with E-state index in [0.717, 1.165) is 33.3 Å². The number of carbonyl (C=O) groups is 1. The number of benzene rings is 1. The molecule has 0 fully saturated rings. The standard InChI is InChI=1S/C14H16N7O/c1-3-10-6-9(7-11-8(2)16-18-13(10)11)4-5-12-17-19-20-21(12)14(15)22/h5-7H,3-4H2,1-2H3,(H2,15,22)(H,16,18). The summed E-state index contributed by atoms with van der Waals surface area (Å²) in [5.41, 5.74) is 9.55. The van der Waals surface area contributed by atoms with Crippen LogP contribution in [0.3, 0.4) is 0 Å². The fourth-order valence-electron chi connectivity index (χ4n) is 2.47. The number of aromatic amines is 1. The summed E-state index contributed by atoms with van der Waals surface area (Å²) in [5, 5.41) is 19.2. The lowest BCUT2D eigenvalue weighted by atomic mass is 10.0. The molecule has 0 saturated carbocycles. The number of nitrogens with zero attached hydrogens (tertiary/aromatic N) is 5. The first-order valence-electron chi connectivity index (χ1n) is 6.98. The number of fused-ring (bicyclic) bond motifs is 1. The van der Waals surface area contributed by atoms with Crippen molar-refractivity contribution in [3.8, 4) is 0 Å². The normalized spacial score (nSPS) is 11.2. The highest BCUT2D eigenvalue weighted by Gasteiger charge is 2.12. The predicted molar refractivity (Wildman–Crippen MR) is 80.1 cm³/mol. The van der Waals surface area contributed by atoms with Crippen molar-refractivity contribution < 1.29 is 4.79 Å². The van der Waals surface area contributed by atoms with Crippen LogP contribution in [0.5, 0.6) is 0 Å². The molecule has 8 heteroatoms. The fraction of sp³-hybridized carbons (Fsp3) is 0.286. The first-order valence-corrected chi connectivity index (χ1v) is 6.98. The van der Waals surface area contributed by atoms with Gasteiger partial charge in [-0.15, -0.1) is 9.78 Å². The third kappa shape index (κ3) is 2.43. The van der Waals surface area contributed by atoms with Crippen LogP contribution in [0.15, 0.2) is 12.1 Å². The number of nitrogens with one attached hydrogen (secondary N) is 1. The average Bonchev–Trinajstić information content (AvgIpc) is 3.12. The van der Waals surface area contributed by atoms with Crippen LogP contribution in [-0.4, -0.2) is 36.4 Å². The number of nitrogens with two attached hydrogens (primary N) is 1. The summed E-state index contributed by atoms with van der Waals surface area (Å²) in [5.74, 6) is 0.342. The summed E-state index contributed by atoms with van der Waals surface area (Å²) < 4.78 is 0.975. The number of hydrogen-bond donors (Lipinski definition) is 2. The highest BCUT2D eigenvalue weighted by Crippen LogP contribution is 2.23. The Bertz CT molecular complexity index is 833. The molecule has 3 aromatic rings. The first kappa shape index (κ1) is 14.2. The van der Waals surface area contributed by atoms with Gasteiger partial charge in [0.2, 0.25) is 0 Å². The molecular weight excluding hydrogens is 282 g/mol. The van der Waals surface area contributed by atoms with E-state index in [1.54, 1.807) is 6.42 Å². The Hall–Kier alpha value is -2.77. The van der Waals surface area contributed by atoms with Gasteiger partial charge in [0, 0.05) is 11.8 Å². The number of amides is 1. The molecule has 0 unspecified atom stereocenters. The number of hydrogen-bond acceptors (Lipinski definition) is 5. The Morgan fingerprint density at radius 3 is 3.00 bits per heavy atom. The molecule has 0 atom stereocenters. The summed E-state index contributed by atoms with van der Waals surface area (Å²) in [7, 11) is 0. The topological polar surface area (TPSA) is 115 Å². The van der Waals surface area contributed by atoms with Gasteiger partial charge >= 0.3 is 6.03 Å². The van der Waals surface area contributed by atoms with E-state index in [4.69, 9.17) is 5.73 Å². The van der Waals surface area contributed by atoms with Crippen LogP contribution >= 0.6 is 0 Å². The van der Waals surface area contributed by atoms with Crippen molar-refractivity contribution in [3.63, 3.8) is 0 Å². The zero-order chi connectivity index (χ0) is 15.7. The quantitative estimate of drug-likeness (QED) is 0.701. The van der Waals surface area contributed by atoms with Crippen molar-refractivity contribution in [2.75, 3.05) is 0 Å². The summed E-state index contributed by atoms with van der Waals surface area (Å²) >= 11 is 0. The largest absolute Gasteiger partial charge is 0.350 e. The maximum atomic E-state index is 11.2. The number of aryl methyl sites for hydroxylation is 2. The fourth-order valence-corrected chi connectivity index (χ4v) is 2.47. The van der Waals surface area contributed by atoms with Gasteiger partial charge in [0.25, 0.3) is 0 Å². The molecular formula is C14H16N7O. The molecule has 0 aliphatic heterocycles. The second-order valence-corrected chi connectivity index (χ2v) is 5.04. The molecule has 1 amide bonds. The average molecular weight is 298 g/mol. The Kier molecular flexibility index (Phi) is 3.58. The van der Waals surface area contributed by atoms with E-state index in [9.17, 15) is 4.79 Å². The van der Waals surface area contributed by atoms with Gasteiger partial charge in [0.15, 0.2) is 5.82 Å². The predicted octanol–water partition coefficient (Wildman–Crippen LogP) is 1.14. The molecule has 0 aliphatic rings. The number of aromatic nitrogens is 6. The van der Waals surface area contributed by atoms with Crippen molar-refractivity contribution in [3.05, 3.63) is 41.2 Å². The lowest BCUT2D eigenvalue weighted by Gasteiger charge is -2.06. The number of primary amides is 1. The lowest BCUT2D eigenvalue weighted by Crippen LogP contribution is -2.23. The van der Waals surface area contributed by atoms with E-state index in [0.29, 0.717) is 12.2 Å². The van der Waals surface area contributed by atoms with Crippen LogP contribution in [0.25, 0.3) is 10.9 Å². The van der Waals surface area contributed by atoms with E-state index in [1.165, 1.54) is 5.56 Å². The highest BCUT2D eigenvalue weighted by atomic mass is 16.2. The van der Waals surface area contributed by atoms with Crippen molar-refractivity contribution in [1.82, 2.24) is 30.4 Å². The summed E-state index contributed by atoms with van der Waals surface area (Å²) in [6.07, 6.45) is 3.28. The summed E-state index contributed by atoms with van der Waals surface area (Å²) in [6.45, 7) is 4.07. The van der Waals surface area contributed by atoms with Crippen LogP contribution in [-0.2, 0) is 12.8 Å². The number of rotatable bonds is 4. The molecule has 2 aromatic heterocycles. The van der Waals surface area contributed by atoms with E-state index in [2.05, 4.69) is 44.8 Å². The van der Waals surface area contributed by atoms with Crippen molar-refractivity contribution in [2.24, 2.45) is 5.73 Å². The number of tetrazole rings is 1. The van der Waals surface area contributed by atoms with Gasteiger partial charge in [0.05, 0.1) is 11.2 Å². The first-order chi connectivity index (χ1) is 10.6. The van der Waals surface area contributed by atoms with Crippen molar-refractivity contribution in [1.29, 1.82) is 0 Å². The van der Waals surface area contributed by atoms with Gasteiger partial charge < -0.3 is 5.73 Å². The zero-order valence-corrected chi connectivity index (χ0v) is 12.4. The third-order valence-electron chi connectivity index (χ3n) is 3.61. The molecule has 2 heterocycles. The van der Waals surface area contributed by atoms with E-state index in [-0.39, 0.29) is 0 Å². The van der Waals surface area contributed by atoms with Gasteiger partial charge in [-0.1, -0.05) is 13.0 Å². The summed E-state index contributed by atoms with van der Waals surface area (Å²) in [6, 6.07) is 3.50. The van der Waals surface area contributed by atoms with Gasteiger partial charge in [-0.2, -0.15) is 5.10 Å². The molecule has 1 aromatic carbocycles. The van der Waals surface area contributed by atoms with Crippen LogP contribution in [0, 0.1) is 13.3 Å². The van der Waals surface area contributed by atoms with Crippen LogP contribution in [0.1, 0.15) is 29.6 Å². The Morgan fingerprint density at radius 2 is 2.27 bits per heavy atom. The third-order valence-corrected chi connectivity index (χ3v) is 3.61. The van der Waals surface area contributed by atoms with Crippen molar-refractivity contribution in [2.45, 2.75) is 26.7 Å². The second-order valence-electron chi connectivity index (χ2n) is 5.04. The van der Waals surface area contributed by atoms with Gasteiger partial charge in [0.1, 0.15) is 0 Å². The highest BCUT2D eigenvalue weighted by molar-refractivity contribution is 5.85. The molecule has 3 rings (SSSR count). The minimum absolute atomic E-state index is 0.342. The smallest absolute Gasteiger partial charge is 0.342 e. The lowest BCUT2D eigenvalue weighted by molar-refractivity contribution is 0.247. The molecule has 0 aliphatic carbocycles. The molecule has 22 heavy (non-hydrogen) atoms. The minimum Gasteiger partial charge on any atom is -0.350 e. The Labute approximate surface area is 126 Å². The van der Waals surface area contributed by atoms with Gasteiger partial charge in [-0.25, -0.2) is 4.79 Å². The molecule has 0 saturated heterocycles. The SMILES string of the molecule is CCc1cc(C[CH]c2nnnn2C(N)=O)cc2c(C)n[nH]c12. The number of H-pyrrole nitrogens is 1. The molecule has 0 bridgehead atoms. The van der Waals surface area contributed by atoms with Crippen LogP contribution < -0.4 is 5.73 Å². The minimum atomic E-state index is -0.702. The maximum absolute atomic E-state index is 11.2. The van der Waals surface area contributed by atoms with Crippen molar-refractivity contribution >= 4 is 16.9 Å². The zero-order valence-electron chi connectivity index (χ0n) is 12.4. The molecule has 113 valence electrons. The summed E-state index contributed by atoms with van der Waals surface area (Å²) in [4.78, 5) is 11.2. The van der Waals surface area contributed by atoms with E-state index < -0.39 is 6.03 Å². The Morgan fingerprint density at radius 1 is 1.45 bits per heavy atom. The number of carbonyl (C=O) groups excluding carboxylic acids is 1. The second kappa shape index (κ2) is 5.55. The van der Waals surface area contributed by atoms with Crippen LogP contribution in [0.2, 0.25) is 0 Å². The monoisotopic (exact) mass is 298 g/mol. The molecule has 3 N–H and O–H groups in total. The van der Waals surface area contributed by atoms with Gasteiger partial charge in [-0.05, 0) is 47.4 Å². The van der Waals surface area contributed by atoms with E-state index >= 15 is 0 Å². The van der Waals surface area contributed by atoms with Crippen LogP contribution in [0.4, 0.5) is 4.79 Å². The maximum Gasteiger partial charge on any atom is 0.342 e. The molecule has 8 nitrogen and oxygen atoms in total. The molecule has 0 spiro atoms. The van der Waals surface area contributed by atoms with E-state index in [1.807, 2.05) is 6.92 Å². The van der Waals surface area contributed by atoms with Gasteiger partial charge in [-0.3, -0.25) is 5.10 Å².